The normalized spacial score (nSPS) is 10.5. The van der Waals surface area contributed by atoms with E-state index in [9.17, 15) is 14.9 Å². The molecule has 7 nitrogen and oxygen atoms in total. The fourth-order valence-electron chi connectivity index (χ4n) is 2.28. The maximum atomic E-state index is 12.0. The average molecular weight is 303 g/mol. The van der Waals surface area contributed by atoms with Crippen LogP contribution in [0.4, 0.5) is 5.82 Å². The first-order valence-corrected chi connectivity index (χ1v) is 6.80. The minimum atomic E-state index is -0.508. The Morgan fingerprint density at radius 1 is 1.27 bits per heavy atom. The van der Waals surface area contributed by atoms with Gasteiger partial charge in [0.1, 0.15) is 19.3 Å². The molecule has 0 unspecified atom stereocenters. The number of rotatable bonds is 5. The van der Waals surface area contributed by atoms with Crippen molar-refractivity contribution in [3.05, 3.63) is 57.0 Å². The first-order chi connectivity index (χ1) is 10.4. The summed E-state index contributed by atoms with van der Waals surface area (Å²) < 4.78 is 6.60. The van der Waals surface area contributed by atoms with Crippen molar-refractivity contribution in [3.63, 3.8) is 0 Å². The molecule has 116 valence electrons. The molecule has 0 fully saturated rings. The second-order valence-electron chi connectivity index (χ2n) is 5.08. The highest BCUT2D eigenvalue weighted by Crippen LogP contribution is 2.14. The van der Waals surface area contributed by atoms with Gasteiger partial charge in [0, 0.05) is 6.92 Å². The summed E-state index contributed by atoms with van der Waals surface area (Å²) in [6.45, 7) is 5.71. The number of esters is 1. The Balaban J connectivity index is 2.01. The summed E-state index contributed by atoms with van der Waals surface area (Å²) in [4.78, 5) is 26.3. The van der Waals surface area contributed by atoms with E-state index in [2.05, 4.69) is 4.98 Å². The molecule has 22 heavy (non-hydrogen) atoms. The van der Waals surface area contributed by atoms with Crippen LogP contribution < -0.4 is 0 Å². The molecule has 2 rings (SSSR count). The molecule has 0 bridgehead atoms. The number of carbonyl (C=O) groups excluding carboxylic acids is 1. The van der Waals surface area contributed by atoms with Gasteiger partial charge in [-0.3, -0.25) is 0 Å². The molecule has 2 aromatic rings. The molecule has 0 N–H and O–H groups in total. The zero-order valence-electron chi connectivity index (χ0n) is 12.7. The predicted molar refractivity (Wildman–Crippen MR) is 79.8 cm³/mol. The van der Waals surface area contributed by atoms with Gasteiger partial charge >= 0.3 is 11.8 Å². The van der Waals surface area contributed by atoms with Crippen molar-refractivity contribution in [2.75, 3.05) is 6.61 Å². The first-order valence-electron chi connectivity index (χ1n) is 6.80. The van der Waals surface area contributed by atoms with Crippen molar-refractivity contribution < 1.29 is 14.5 Å². The van der Waals surface area contributed by atoms with E-state index >= 15 is 0 Å². The van der Waals surface area contributed by atoms with Crippen molar-refractivity contribution in [1.82, 2.24) is 9.55 Å². The summed E-state index contributed by atoms with van der Waals surface area (Å²) >= 11 is 0. The van der Waals surface area contributed by atoms with Crippen LogP contribution in [0.3, 0.4) is 0 Å². The number of aryl methyl sites for hydroxylation is 3. The minimum absolute atomic E-state index is 0.0455. The van der Waals surface area contributed by atoms with Gasteiger partial charge in [-0.2, -0.15) is 0 Å². The van der Waals surface area contributed by atoms with E-state index in [0.717, 1.165) is 11.1 Å². The lowest BCUT2D eigenvalue weighted by Gasteiger charge is -2.07. The van der Waals surface area contributed by atoms with Gasteiger partial charge in [-0.05, 0) is 30.9 Å². The van der Waals surface area contributed by atoms with E-state index in [0.29, 0.717) is 11.4 Å². The molecule has 0 spiro atoms. The minimum Gasteiger partial charge on any atom is -0.458 e. The number of aromatic nitrogens is 2. The molecule has 0 saturated carbocycles. The Morgan fingerprint density at radius 2 is 1.91 bits per heavy atom. The molecule has 0 aliphatic rings. The monoisotopic (exact) mass is 303 g/mol. The lowest BCUT2D eigenvalue weighted by Crippen LogP contribution is -2.14. The van der Waals surface area contributed by atoms with E-state index in [-0.39, 0.29) is 19.0 Å². The first kappa shape index (κ1) is 15.7. The van der Waals surface area contributed by atoms with E-state index in [1.165, 1.54) is 10.8 Å². The van der Waals surface area contributed by atoms with E-state index in [1.807, 2.05) is 19.9 Å². The summed E-state index contributed by atoms with van der Waals surface area (Å²) in [5.41, 5.74) is 2.44. The van der Waals surface area contributed by atoms with Crippen LogP contribution in [-0.2, 0) is 11.3 Å². The molecular formula is C15H17N3O4. The molecule has 7 heteroatoms. The number of hydrogen-bond donors (Lipinski definition) is 0. The van der Waals surface area contributed by atoms with Crippen LogP contribution in [-0.4, -0.2) is 27.1 Å². The Labute approximate surface area is 127 Å². The zero-order valence-corrected chi connectivity index (χ0v) is 12.7. The van der Waals surface area contributed by atoms with Crippen molar-refractivity contribution >= 4 is 11.8 Å². The van der Waals surface area contributed by atoms with Gasteiger partial charge in [0.15, 0.2) is 5.82 Å². The Bertz CT molecular complexity index is 701. The fraction of sp³-hybridized carbons (Fsp3) is 0.333. The smallest absolute Gasteiger partial charge is 0.342 e. The summed E-state index contributed by atoms with van der Waals surface area (Å²) in [7, 11) is 0. The SMILES string of the molecule is Cc1cc(C)cc(C(=O)OCCn2c([N+](=O)[O-])cnc2C)c1. The number of carbonyl (C=O) groups is 1. The van der Waals surface area contributed by atoms with Crippen molar-refractivity contribution in [1.29, 1.82) is 0 Å². The number of imidazole rings is 1. The van der Waals surface area contributed by atoms with Crippen LogP contribution in [0.2, 0.25) is 0 Å². The van der Waals surface area contributed by atoms with E-state index in [1.54, 1.807) is 19.1 Å². The number of benzene rings is 1. The third-order valence-corrected chi connectivity index (χ3v) is 3.23. The van der Waals surface area contributed by atoms with Crippen molar-refractivity contribution in [3.8, 4) is 0 Å². The molecule has 1 aromatic carbocycles. The lowest BCUT2D eigenvalue weighted by molar-refractivity contribution is -0.392. The third kappa shape index (κ3) is 3.49. The maximum Gasteiger partial charge on any atom is 0.342 e. The van der Waals surface area contributed by atoms with Crippen LogP contribution >= 0.6 is 0 Å². The molecule has 0 aliphatic carbocycles. The van der Waals surface area contributed by atoms with Gasteiger partial charge in [0.05, 0.1) is 5.56 Å². The van der Waals surface area contributed by atoms with Gasteiger partial charge in [-0.25, -0.2) is 14.3 Å². The van der Waals surface area contributed by atoms with Crippen LogP contribution in [0.5, 0.6) is 0 Å². The lowest BCUT2D eigenvalue weighted by atomic mass is 10.1. The van der Waals surface area contributed by atoms with Crippen molar-refractivity contribution in [2.24, 2.45) is 0 Å². The summed E-state index contributed by atoms with van der Waals surface area (Å²) in [5.74, 6) is -0.0404. The van der Waals surface area contributed by atoms with Crippen LogP contribution in [0.1, 0.15) is 27.3 Å². The predicted octanol–water partition coefficient (Wildman–Crippen LogP) is 2.57. The van der Waals surface area contributed by atoms with Crippen LogP contribution in [0, 0.1) is 30.9 Å². The summed E-state index contributed by atoms with van der Waals surface area (Å²) in [6, 6.07) is 5.47. The van der Waals surface area contributed by atoms with Crippen molar-refractivity contribution in [2.45, 2.75) is 27.3 Å². The quantitative estimate of drug-likeness (QED) is 0.481. The standard InChI is InChI=1S/C15H17N3O4/c1-10-6-11(2)8-13(7-10)15(19)22-5-4-17-12(3)16-9-14(17)18(20)21/h6-9H,4-5H2,1-3H3. The number of ether oxygens (including phenoxy) is 1. The van der Waals surface area contributed by atoms with Gasteiger partial charge in [0.2, 0.25) is 0 Å². The number of hydrogen-bond acceptors (Lipinski definition) is 5. The second kappa shape index (κ2) is 6.38. The summed E-state index contributed by atoms with van der Waals surface area (Å²) in [6.07, 6.45) is 1.20. The molecule has 0 radical (unpaired) electrons. The molecule has 0 saturated heterocycles. The van der Waals surface area contributed by atoms with Crippen LogP contribution in [0.25, 0.3) is 0 Å². The topological polar surface area (TPSA) is 87.3 Å². The van der Waals surface area contributed by atoms with Gasteiger partial charge in [-0.1, -0.05) is 17.2 Å². The highest BCUT2D eigenvalue weighted by Gasteiger charge is 2.17. The number of nitrogens with zero attached hydrogens (tertiary/aromatic N) is 3. The van der Waals surface area contributed by atoms with E-state index < -0.39 is 10.9 Å². The molecule has 0 amide bonds. The van der Waals surface area contributed by atoms with E-state index in [4.69, 9.17) is 4.74 Å². The Hall–Kier alpha value is -2.70. The van der Waals surface area contributed by atoms with Gasteiger partial charge < -0.3 is 14.9 Å². The highest BCUT2D eigenvalue weighted by atomic mass is 16.6. The molecule has 0 aliphatic heterocycles. The third-order valence-electron chi connectivity index (χ3n) is 3.23. The molecule has 1 aromatic heterocycles. The van der Waals surface area contributed by atoms with Gasteiger partial charge in [0.25, 0.3) is 0 Å². The second-order valence-corrected chi connectivity index (χ2v) is 5.08. The Morgan fingerprint density at radius 3 is 2.50 bits per heavy atom. The maximum absolute atomic E-state index is 12.0. The Kier molecular flexibility index (Phi) is 4.55. The largest absolute Gasteiger partial charge is 0.458 e. The molecule has 0 atom stereocenters. The van der Waals surface area contributed by atoms with Crippen LogP contribution in [0.15, 0.2) is 24.4 Å². The average Bonchev–Trinajstić information content (AvgIpc) is 2.79. The van der Waals surface area contributed by atoms with Gasteiger partial charge in [-0.15, -0.1) is 0 Å². The molecular weight excluding hydrogens is 286 g/mol. The molecule has 1 heterocycles. The zero-order chi connectivity index (χ0) is 16.3. The summed E-state index contributed by atoms with van der Waals surface area (Å²) in [5, 5.41) is 10.9. The fourth-order valence-corrected chi connectivity index (χ4v) is 2.28. The number of nitro groups is 1. The highest BCUT2D eigenvalue weighted by molar-refractivity contribution is 5.89.